The van der Waals surface area contributed by atoms with Gasteiger partial charge < -0.3 is 4.74 Å². The number of hydrogen-bond acceptors (Lipinski definition) is 5. The summed E-state index contributed by atoms with van der Waals surface area (Å²) in [4.78, 5) is 8.48. The third-order valence-electron chi connectivity index (χ3n) is 4.10. The van der Waals surface area contributed by atoms with E-state index in [4.69, 9.17) is 4.74 Å². The summed E-state index contributed by atoms with van der Waals surface area (Å²) in [6, 6.07) is 8.36. The molecule has 1 saturated heterocycles. The number of sulfonamides is 1. The summed E-state index contributed by atoms with van der Waals surface area (Å²) in [6.45, 7) is 0.987. The molecule has 0 unspecified atom stereocenters. The highest BCUT2D eigenvalue weighted by molar-refractivity contribution is 7.89. The highest BCUT2D eigenvalue weighted by atomic mass is 32.2. The number of benzene rings is 1. The Labute approximate surface area is 136 Å². The minimum atomic E-state index is -3.49. The monoisotopic (exact) mass is 333 g/mol. The van der Waals surface area contributed by atoms with Crippen LogP contribution in [0.25, 0.3) is 0 Å². The van der Waals surface area contributed by atoms with Crippen LogP contribution in [0.15, 0.2) is 47.8 Å². The smallest absolute Gasteiger partial charge is 0.243 e. The Kier molecular flexibility index (Phi) is 4.58. The summed E-state index contributed by atoms with van der Waals surface area (Å²) in [5, 5.41) is 0. The normalized spacial score (nSPS) is 19.4. The predicted molar refractivity (Wildman–Crippen MR) is 85.8 cm³/mol. The predicted octanol–water partition coefficient (Wildman–Crippen LogP) is 2.05. The van der Waals surface area contributed by atoms with Gasteiger partial charge in [-0.15, -0.1) is 0 Å². The molecule has 0 radical (unpaired) electrons. The van der Waals surface area contributed by atoms with Crippen LogP contribution in [-0.2, 0) is 10.0 Å². The van der Waals surface area contributed by atoms with Crippen LogP contribution >= 0.6 is 0 Å². The largest absolute Gasteiger partial charge is 0.497 e. The van der Waals surface area contributed by atoms with E-state index in [2.05, 4.69) is 9.97 Å². The molecule has 6 nitrogen and oxygen atoms in total. The van der Waals surface area contributed by atoms with Crippen molar-refractivity contribution in [1.29, 1.82) is 0 Å². The lowest BCUT2D eigenvalue weighted by atomic mass is 9.96. The van der Waals surface area contributed by atoms with E-state index in [9.17, 15) is 8.42 Å². The second-order valence-electron chi connectivity index (χ2n) is 5.51. The van der Waals surface area contributed by atoms with Gasteiger partial charge in [-0.05, 0) is 43.2 Å². The van der Waals surface area contributed by atoms with Crippen molar-refractivity contribution < 1.29 is 13.2 Å². The molecule has 2 heterocycles. The van der Waals surface area contributed by atoms with Crippen LogP contribution in [0.4, 0.5) is 0 Å². The maximum Gasteiger partial charge on any atom is 0.243 e. The van der Waals surface area contributed by atoms with Gasteiger partial charge in [-0.3, -0.25) is 0 Å². The van der Waals surface area contributed by atoms with Crippen molar-refractivity contribution in [2.45, 2.75) is 23.7 Å². The second kappa shape index (κ2) is 6.64. The number of rotatable bonds is 4. The zero-order valence-corrected chi connectivity index (χ0v) is 13.7. The number of piperidine rings is 1. The third-order valence-corrected chi connectivity index (χ3v) is 5.98. The van der Waals surface area contributed by atoms with E-state index in [0.717, 1.165) is 18.5 Å². The topological polar surface area (TPSA) is 72.4 Å². The number of hydrogen-bond donors (Lipinski definition) is 0. The van der Waals surface area contributed by atoms with Gasteiger partial charge in [0, 0.05) is 30.9 Å². The van der Waals surface area contributed by atoms with Gasteiger partial charge in [0.05, 0.1) is 12.0 Å². The van der Waals surface area contributed by atoms with Gasteiger partial charge >= 0.3 is 0 Å². The molecule has 1 atom stereocenters. The number of aromatic nitrogens is 2. The van der Waals surface area contributed by atoms with Gasteiger partial charge in [0.15, 0.2) is 0 Å². The van der Waals surface area contributed by atoms with Gasteiger partial charge in [-0.2, -0.15) is 4.31 Å². The van der Waals surface area contributed by atoms with Crippen molar-refractivity contribution in [3.63, 3.8) is 0 Å². The summed E-state index contributed by atoms with van der Waals surface area (Å²) in [5.74, 6) is 0.751. The van der Waals surface area contributed by atoms with E-state index in [1.165, 1.54) is 6.33 Å². The SMILES string of the molecule is COc1ccc(S(=O)(=O)N2CCC[C@H](c3ccncn3)C2)cc1. The number of methoxy groups -OCH3 is 1. The molecule has 1 aliphatic heterocycles. The minimum Gasteiger partial charge on any atom is -0.497 e. The molecular formula is C16H19N3O3S. The maximum atomic E-state index is 12.8. The van der Waals surface area contributed by atoms with Crippen molar-refractivity contribution in [3.8, 4) is 5.75 Å². The Hall–Kier alpha value is -1.99. The fourth-order valence-corrected chi connectivity index (χ4v) is 4.37. The molecule has 2 aromatic rings. The average molecular weight is 333 g/mol. The fraction of sp³-hybridized carbons (Fsp3) is 0.375. The Morgan fingerprint density at radius 1 is 1.22 bits per heavy atom. The minimum absolute atomic E-state index is 0.111. The van der Waals surface area contributed by atoms with Gasteiger partial charge in [0.2, 0.25) is 10.0 Å². The van der Waals surface area contributed by atoms with E-state index in [1.54, 1.807) is 41.9 Å². The van der Waals surface area contributed by atoms with Crippen LogP contribution in [0.1, 0.15) is 24.5 Å². The van der Waals surface area contributed by atoms with Gasteiger partial charge in [0.25, 0.3) is 0 Å². The van der Waals surface area contributed by atoms with Crippen molar-refractivity contribution in [2.24, 2.45) is 0 Å². The van der Waals surface area contributed by atoms with E-state index in [0.29, 0.717) is 23.7 Å². The van der Waals surface area contributed by atoms with Crippen LogP contribution in [0.3, 0.4) is 0 Å². The Morgan fingerprint density at radius 2 is 2.00 bits per heavy atom. The third kappa shape index (κ3) is 3.35. The first-order valence-electron chi connectivity index (χ1n) is 7.51. The maximum absolute atomic E-state index is 12.8. The van der Waals surface area contributed by atoms with Gasteiger partial charge in [0.1, 0.15) is 12.1 Å². The van der Waals surface area contributed by atoms with Crippen LogP contribution in [0.2, 0.25) is 0 Å². The molecule has 3 rings (SSSR count). The van der Waals surface area contributed by atoms with E-state index < -0.39 is 10.0 Å². The molecule has 0 saturated carbocycles. The molecule has 23 heavy (non-hydrogen) atoms. The summed E-state index contributed by atoms with van der Waals surface area (Å²) in [6.07, 6.45) is 4.96. The highest BCUT2D eigenvalue weighted by Crippen LogP contribution is 2.29. The molecule has 1 aliphatic rings. The summed E-state index contributed by atoms with van der Waals surface area (Å²) in [5.41, 5.74) is 0.898. The second-order valence-corrected chi connectivity index (χ2v) is 7.45. The molecule has 1 aromatic heterocycles. The lowest BCUT2D eigenvalue weighted by Crippen LogP contribution is -2.39. The zero-order valence-electron chi connectivity index (χ0n) is 12.9. The lowest BCUT2D eigenvalue weighted by Gasteiger charge is -2.31. The van der Waals surface area contributed by atoms with Crippen molar-refractivity contribution >= 4 is 10.0 Å². The molecule has 122 valence electrons. The molecule has 0 N–H and O–H groups in total. The van der Waals surface area contributed by atoms with Crippen LogP contribution in [-0.4, -0.2) is 42.9 Å². The van der Waals surface area contributed by atoms with Crippen LogP contribution in [0.5, 0.6) is 5.75 Å². The summed E-state index contributed by atoms with van der Waals surface area (Å²) in [7, 11) is -1.94. The molecule has 0 spiro atoms. The average Bonchev–Trinajstić information content (AvgIpc) is 2.62. The van der Waals surface area contributed by atoms with Crippen molar-refractivity contribution in [2.75, 3.05) is 20.2 Å². The first-order valence-corrected chi connectivity index (χ1v) is 8.95. The molecule has 1 fully saturated rings. The highest BCUT2D eigenvalue weighted by Gasteiger charge is 2.31. The zero-order chi connectivity index (χ0) is 16.3. The first-order chi connectivity index (χ1) is 11.1. The van der Waals surface area contributed by atoms with E-state index in [1.807, 2.05) is 6.07 Å². The first kappa shape index (κ1) is 15.9. The Morgan fingerprint density at radius 3 is 2.65 bits per heavy atom. The molecule has 0 aliphatic carbocycles. The van der Waals surface area contributed by atoms with Gasteiger partial charge in [-0.25, -0.2) is 18.4 Å². The Bertz CT molecular complexity index is 748. The molecule has 7 heteroatoms. The number of ether oxygens (including phenoxy) is 1. The van der Waals surface area contributed by atoms with Gasteiger partial charge in [-0.1, -0.05) is 0 Å². The summed E-state index contributed by atoms with van der Waals surface area (Å²) < 4.78 is 32.3. The molecule has 0 amide bonds. The van der Waals surface area contributed by atoms with E-state index >= 15 is 0 Å². The quantitative estimate of drug-likeness (QED) is 0.856. The van der Waals surface area contributed by atoms with Crippen molar-refractivity contribution in [3.05, 3.63) is 48.5 Å². The van der Waals surface area contributed by atoms with Crippen molar-refractivity contribution in [1.82, 2.24) is 14.3 Å². The molecule has 0 bridgehead atoms. The van der Waals surface area contributed by atoms with E-state index in [-0.39, 0.29) is 5.92 Å². The fourth-order valence-electron chi connectivity index (χ4n) is 2.84. The Balaban J connectivity index is 1.81. The van der Waals surface area contributed by atoms with Crippen LogP contribution < -0.4 is 4.74 Å². The standard InChI is InChI=1S/C16H19N3O3S/c1-22-14-4-6-15(7-5-14)23(20,21)19-10-2-3-13(11-19)16-8-9-17-12-18-16/h4-9,12-13H,2-3,10-11H2,1H3/t13-/m0/s1. The summed E-state index contributed by atoms with van der Waals surface area (Å²) >= 11 is 0. The number of nitrogens with zero attached hydrogens (tertiary/aromatic N) is 3. The van der Waals surface area contributed by atoms with Crippen LogP contribution in [0, 0.1) is 0 Å². The molecule has 1 aromatic carbocycles. The molecular weight excluding hydrogens is 314 g/mol. The lowest BCUT2D eigenvalue weighted by molar-refractivity contribution is 0.312.